The number of amides is 1. The van der Waals surface area contributed by atoms with Gasteiger partial charge in [-0.15, -0.1) is 0 Å². The number of aromatic nitrogens is 2. The molecule has 0 saturated heterocycles. The molecule has 0 unspecified atom stereocenters. The number of nitrogens with one attached hydrogen (secondary N) is 1. The first-order chi connectivity index (χ1) is 15.9. The van der Waals surface area contributed by atoms with E-state index in [4.69, 9.17) is 23.2 Å². The summed E-state index contributed by atoms with van der Waals surface area (Å²) >= 11 is 12.2. The maximum atomic E-state index is 13.4. The molecule has 33 heavy (non-hydrogen) atoms. The molecule has 3 aromatic carbocycles. The fraction of sp³-hybridized carbons (Fsp3) is 0.111. The van der Waals surface area contributed by atoms with Gasteiger partial charge in [0.25, 0.3) is 5.91 Å². The van der Waals surface area contributed by atoms with Crippen LogP contribution in [-0.4, -0.2) is 15.7 Å². The Morgan fingerprint density at radius 2 is 1.61 bits per heavy atom. The van der Waals surface area contributed by atoms with Gasteiger partial charge in [-0.05, 0) is 48.7 Å². The lowest BCUT2D eigenvalue weighted by atomic mass is 10.0. The average Bonchev–Trinajstić information content (AvgIpc) is 3.08. The summed E-state index contributed by atoms with van der Waals surface area (Å²) in [5, 5.41) is 8.74. The van der Waals surface area contributed by atoms with Crippen LogP contribution in [0.25, 0.3) is 11.6 Å². The molecule has 0 aliphatic rings. The number of carbonyl (C=O) groups excluding carboxylic acids is 1. The number of hydrogen-bond acceptors (Lipinski definition) is 2. The monoisotopic (exact) mass is 475 g/mol. The van der Waals surface area contributed by atoms with Crippen LogP contribution in [0.3, 0.4) is 0 Å². The smallest absolute Gasteiger partial charge is 0.256 e. The molecule has 0 radical (unpaired) electrons. The summed E-state index contributed by atoms with van der Waals surface area (Å²) in [6.07, 6.45) is 1.90. The van der Waals surface area contributed by atoms with Gasteiger partial charge in [-0.3, -0.25) is 9.48 Å². The molecule has 0 aliphatic heterocycles. The normalized spacial score (nSPS) is 11.5. The van der Waals surface area contributed by atoms with Crippen LogP contribution in [0.15, 0.2) is 78.9 Å². The predicted molar refractivity (Wildman–Crippen MR) is 137 cm³/mol. The fourth-order valence-corrected chi connectivity index (χ4v) is 3.96. The Bertz CT molecular complexity index is 1310. The molecule has 166 valence electrons. The van der Waals surface area contributed by atoms with Crippen molar-refractivity contribution in [3.8, 4) is 0 Å². The highest BCUT2D eigenvalue weighted by atomic mass is 35.5. The van der Waals surface area contributed by atoms with Crippen molar-refractivity contribution >= 4 is 46.4 Å². The SMILES string of the molecule is Cc1nn(Cc2ccc(Cl)c(Cl)c2)c(C)c1NC(=O)/C(=C\c1ccccc1)c1ccccc1. The molecule has 0 spiro atoms. The third-order valence-corrected chi connectivity index (χ3v) is 6.12. The molecular weight excluding hydrogens is 453 g/mol. The van der Waals surface area contributed by atoms with E-state index in [9.17, 15) is 4.79 Å². The van der Waals surface area contributed by atoms with Gasteiger partial charge < -0.3 is 5.32 Å². The molecule has 0 fully saturated rings. The van der Waals surface area contributed by atoms with Crippen LogP contribution >= 0.6 is 23.2 Å². The minimum Gasteiger partial charge on any atom is -0.319 e. The summed E-state index contributed by atoms with van der Waals surface area (Å²) in [4.78, 5) is 13.4. The molecule has 1 heterocycles. The van der Waals surface area contributed by atoms with Crippen LogP contribution in [0, 0.1) is 13.8 Å². The van der Waals surface area contributed by atoms with Gasteiger partial charge in [0.15, 0.2) is 0 Å². The zero-order valence-electron chi connectivity index (χ0n) is 18.3. The van der Waals surface area contributed by atoms with Crippen LogP contribution < -0.4 is 5.32 Å². The summed E-state index contributed by atoms with van der Waals surface area (Å²) in [7, 11) is 0. The van der Waals surface area contributed by atoms with Crippen molar-refractivity contribution in [2.75, 3.05) is 5.32 Å². The second-order valence-corrected chi connectivity index (χ2v) is 8.56. The zero-order chi connectivity index (χ0) is 23.4. The molecule has 0 saturated carbocycles. The van der Waals surface area contributed by atoms with Gasteiger partial charge in [0.05, 0.1) is 33.7 Å². The summed E-state index contributed by atoms with van der Waals surface area (Å²) in [5.74, 6) is -0.189. The van der Waals surface area contributed by atoms with Gasteiger partial charge in [-0.25, -0.2) is 0 Å². The van der Waals surface area contributed by atoms with Crippen LogP contribution in [0.2, 0.25) is 10.0 Å². The molecular formula is C27H23Cl2N3O. The third-order valence-electron chi connectivity index (χ3n) is 5.38. The minimum atomic E-state index is -0.189. The molecule has 1 amide bonds. The number of anilines is 1. The van der Waals surface area contributed by atoms with Gasteiger partial charge in [-0.2, -0.15) is 5.10 Å². The van der Waals surface area contributed by atoms with E-state index in [0.29, 0.717) is 27.9 Å². The largest absolute Gasteiger partial charge is 0.319 e. The van der Waals surface area contributed by atoms with E-state index < -0.39 is 0 Å². The second-order valence-electron chi connectivity index (χ2n) is 7.74. The number of hydrogen-bond donors (Lipinski definition) is 1. The van der Waals surface area contributed by atoms with Gasteiger partial charge in [0.2, 0.25) is 0 Å². The van der Waals surface area contributed by atoms with Crippen LogP contribution in [0.5, 0.6) is 0 Å². The standard InChI is InChI=1S/C27H23Cl2N3O/c1-18-26(19(2)32(31-18)17-21-13-14-24(28)25(29)16-21)30-27(33)23(22-11-7-4-8-12-22)15-20-9-5-3-6-10-20/h3-16H,17H2,1-2H3,(H,30,33)/b23-15-. The summed E-state index contributed by atoms with van der Waals surface area (Å²) in [6.45, 7) is 4.35. The predicted octanol–water partition coefficient (Wildman–Crippen LogP) is 7.03. The second kappa shape index (κ2) is 10.1. The number of nitrogens with zero attached hydrogens (tertiary/aromatic N) is 2. The lowest BCUT2D eigenvalue weighted by Crippen LogP contribution is -2.15. The van der Waals surface area contributed by atoms with E-state index in [1.807, 2.05) is 97.4 Å². The van der Waals surface area contributed by atoms with E-state index in [-0.39, 0.29) is 5.91 Å². The van der Waals surface area contributed by atoms with E-state index in [0.717, 1.165) is 28.1 Å². The quantitative estimate of drug-likeness (QED) is 0.240. The van der Waals surface area contributed by atoms with Crippen molar-refractivity contribution in [2.24, 2.45) is 0 Å². The third kappa shape index (κ3) is 5.36. The molecule has 0 bridgehead atoms. The van der Waals surface area contributed by atoms with Gasteiger partial charge in [-0.1, -0.05) is 89.9 Å². The number of carbonyl (C=O) groups is 1. The Hall–Kier alpha value is -3.34. The minimum absolute atomic E-state index is 0.189. The Balaban J connectivity index is 1.63. The molecule has 0 atom stereocenters. The highest BCUT2D eigenvalue weighted by Gasteiger charge is 2.18. The van der Waals surface area contributed by atoms with Crippen LogP contribution in [-0.2, 0) is 11.3 Å². The summed E-state index contributed by atoms with van der Waals surface area (Å²) < 4.78 is 1.85. The van der Waals surface area contributed by atoms with E-state index in [2.05, 4.69) is 10.4 Å². The van der Waals surface area contributed by atoms with Crippen molar-refractivity contribution in [1.82, 2.24) is 9.78 Å². The zero-order valence-corrected chi connectivity index (χ0v) is 19.9. The highest BCUT2D eigenvalue weighted by Crippen LogP contribution is 2.26. The van der Waals surface area contributed by atoms with Gasteiger partial charge >= 0.3 is 0 Å². The van der Waals surface area contributed by atoms with Crippen molar-refractivity contribution in [3.63, 3.8) is 0 Å². The summed E-state index contributed by atoms with van der Waals surface area (Å²) in [5.41, 5.74) is 5.66. The lowest BCUT2D eigenvalue weighted by molar-refractivity contribution is -0.111. The van der Waals surface area contributed by atoms with Crippen molar-refractivity contribution < 1.29 is 4.79 Å². The van der Waals surface area contributed by atoms with E-state index in [1.54, 1.807) is 6.07 Å². The topological polar surface area (TPSA) is 46.9 Å². The maximum Gasteiger partial charge on any atom is 0.256 e. The first-order valence-corrected chi connectivity index (χ1v) is 11.3. The Morgan fingerprint density at radius 1 is 0.939 bits per heavy atom. The van der Waals surface area contributed by atoms with Gasteiger partial charge in [0, 0.05) is 5.57 Å². The molecule has 0 aliphatic carbocycles. The fourth-order valence-electron chi connectivity index (χ4n) is 3.64. The molecule has 1 aromatic heterocycles. The highest BCUT2D eigenvalue weighted by molar-refractivity contribution is 6.42. The lowest BCUT2D eigenvalue weighted by Gasteiger charge is -2.11. The van der Waals surface area contributed by atoms with Crippen molar-refractivity contribution in [1.29, 1.82) is 0 Å². The van der Waals surface area contributed by atoms with Gasteiger partial charge in [0.1, 0.15) is 0 Å². The number of rotatable bonds is 6. The molecule has 4 aromatic rings. The Kier molecular flexibility index (Phi) is 6.97. The molecule has 6 heteroatoms. The van der Waals surface area contributed by atoms with Crippen molar-refractivity contribution in [2.45, 2.75) is 20.4 Å². The molecule has 4 rings (SSSR count). The maximum absolute atomic E-state index is 13.4. The Labute approximate surface area is 203 Å². The van der Waals surface area contributed by atoms with Crippen LogP contribution in [0.1, 0.15) is 28.1 Å². The molecule has 1 N–H and O–H groups in total. The van der Waals surface area contributed by atoms with Crippen LogP contribution in [0.4, 0.5) is 5.69 Å². The Morgan fingerprint density at radius 3 is 2.27 bits per heavy atom. The first kappa shape index (κ1) is 22.8. The van der Waals surface area contributed by atoms with E-state index in [1.165, 1.54) is 0 Å². The number of aryl methyl sites for hydroxylation is 1. The average molecular weight is 476 g/mol. The summed E-state index contributed by atoms with van der Waals surface area (Å²) in [6, 6.07) is 25.0. The van der Waals surface area contributed by atoms with E-state index >= 15 is 0 Å². The number of halogens is 2. The molecule has 4 nitrogen and oxygen atoms in total. The first-order valence-electron chi connectivity index (χ1n) is 10.5. The number of benzene rings is 3. The van der Waals surface area contributed by atoms with Crippen molar-refractivity contribution in [3.05, 3.63) is 117 Å².